The van der Waals surface area contributed by atoms with Crippen molar-refractivity contribution in [1.82, 2.24) is 9.55 Å². The molecule has 3 heterocycles. The Kier molecular flexibility index (Phi) is 5.50. The highest BCUT2D eigenvalue weighted by Gasteiger charge is 2.19. The van der Waals surface area contributed by atoms with E-state index in [1.54, 1.807) is 0 Å². The number of benzene rings is 6. The molecular weight excluding hydrogens is 536 g/mol. The third-order valence-electron chi connectivity index (χ3n) is 8.66. The highest BCUT2D eigenvalue weighted by Crippen LogP contribution is 2.40. The van der Waals surface area contributed by atoms with Crippen molar-refractivity contribution >= 4 is 43.7 Å². The molecule has 0 spiro atoms. The summed E-state index contributed by atoms with van der Waals surface area (Å²) in [5, 5.41) is 4.65. The quantitative estimate of drug-likeness (QED) is 0.214. The lowest BCUT2D eigenvalue weighted by molar-refractivity contribution is 0.669. The van der Waals surface area contributed by atoms with Crippen molar-refractivity contribution in [1.29, 1.82) is 0 Å². The van der Waals surface area contributed by atoms with Gasteiger partial charge in [-0.2, -0.15) is 0 Å². The summed E-state index contributed by atoms with van der Waals surface area (Å²) in [6, 6.07) is 53.4. The summed E-state index contributed by atoms with van der Waals surface area (Å²) >= 11 is 0. The van der Waals surface area contributed by atoms with Gasteiger partial charge in [-0.3, -0.25) is 4.98 Å². The van der Waals surface area contributed by atoms with Crippen molar-refractivity contribution in [2.45, 2.75) is 0 Å². The Bertz CT molecular complexity index is 2470. The van der Waals surface area contributed by atoms with E-state index in [1.165, 1.54) is 21.9 Å². The molecule has 0 saturated carbocycles. The highest BCUT2D eigenvalue weighted by molar-refractivity contribution is 6.15. The molecule has 9 rings (SSSR count). The van der Waals surface area contributed by atoms with E-state index >= 15 is 0 Å². The Labute approximate surface area is 254 Å². The van der Waals surface area contributed by atoms with Crippen LogP contribution < -0.4 is 0 Å². The molecule has 3 nitrogen and oxygen atoms in total. The largest absolute Gasteiger partial charge is 0.456 e. The molecule has 206 valence electrons. The van der Waals surface area contributed by atoms with E-state index < -0.39 is 0 Å². The van der Waals surface area contributed by atoms with Gasteiger partial charge in [0.1, 0.15) is 11.2 Å². The van der Waals surface area contributed by atoms with Gasteiger partial charge in [0.25, 0.3) is 0 Å². The summed E-state index contributed by atoms with van der Waals surface area (Å²) in [6.07, 6.45) is 1.98. The van der Waals surface area contributed by atoms with Crippen LogP contribution >= 0.6 is 0 Å². The third-order valence-corrected chi connectivity index (χ3v) is 8.66. The average Bonchev–Trinajstić information content (AvgIpc) is 3.64. The molecule has 44 heavy (non-hydrogen) atoms. The van der Waals surface area contributed by atoms with Crippen LogP contribution in [0.4, 0.5) is 0 Å². The molecule has 0 bridgehead atoms. The van der Waals surface area contributed by atoms with E-state index in [1.807, 2.05) is 36.5 Å². The Morgan fingerprint density at radius 3 is 1.95 bits per heavy atom. The summed E-state index contributed by atoms with van der Waals surface area (Å²) in [5.74, 6) is 0. The predicted molar refractivity (Wildman–Crippen MR) is 182 cm³/mol. The number of pyridine rings is 1. The molecule has 0 saturated heterocycles. The molecule has 0 fully saturated rings. The van der Waals surface area contributed by atoms with Crippen molar-refractivity contribution in [3.8, 4) is 39.2 Å². The standard InChI is InChI=1S/C41H26N2O/c1-3-10-27(11-4-1)30-18-21-32-34-24-29(31-19-22-35(42-26-31)28-12-5-2-6-13-28)20-23-36(34)43(38(32)25-30)37-15-9-17-40-41(37)33-14-7-8-16-39(33)44-40/h1-26H. The number of fused-ring (bicyclic) bond motifs is 6. The zero-order valence-electron chi connectivity index (χ0n) is 23.8. The van der Waals surface area contributed by atoms with Gasteiger partial charge in [0, 0.05) is 33.5 Å². The van der Waals surface area contributed by atoms with E-state index in [4.69, 9.17) is 9.40 Å². The zero-order chi connectivity index (χ0) is 29.0. The molecule has 3 heteroatoms. The number of hydrogen-bond acceptors (Lipinski definition) is 2. The van der Waals surface area contributed by atoms with Crippen molar-refractivity contribution < 1.29 is 4.42 Å². The summed E-state index contributed by atoms with van der Waals surface area (Å²) in [6.45, 7) is 0. The van der Waals surface area contributed by atoms with Crippen LogP contribution in [0.25, 0.3) is 82.9 Å². The second kappa shape index (κ2) is 9.82. The topological polar surface area (TPSA) is 31.0 Å². The molecule has 0 aliphatic rings. The second-order valence-electron chi connectivity index (χ2n) is 11.2. The molecule has 0 atom stereocenters. The van der Waals surface area contributed by atoms with Crippen molar-refractivity contribution in [2.24, 2.45) is 0 Å². The average molecular weight is 563 g/mol. The normalized spacial score (nSPS) is 11.6. The predicted octanol–water partition coefficient (Wildman–Crippen LogP) is 11.1. The number of rotatable bonds is 4. The molecular formula is C41H26N2O. The Morgan fingerprint density at radius 1 is 0.432 bits per heavy atom. The van der Waals surface area contributed by atoms with Crippen LogP contribution in [-0.2, 0) is 0 Å². The lowest BCUT2D eigenvalue weighted by atomic mass is 10.0. The number of furan rings is 1. The molecule has 0 unspecified atom stereocenters. The summed E-state index contributed by atoms with van der Waals surface area (Å²) in [5.41, 5.74) is 11.9. The second-order valence-corrected chi connectivity index (χ2v) is 11.2. The smallest absolute Gasteiger partial charge is 0.137 e. The molecule has 3 aromatic heterocycles. The maximum Gasteiger partial charge on any atom is 0.137 e. The van der Waals surface area contributed by atoms with Gasteiger partial charge in [-0.05, 0) is 59.2 Å². The first-order valence-electron chi connectivity index (χ1n) is 14.9. The fourth-order valence-corrected chi connectivity index (χ4v) is 6.56. The molecule has 9 aromatic rings. The minimum absolute atomic E-state index is 0.888. The number of para-hydroxylation sites is 1. The first-order chi connectivity index (χ1) is 21.8. The molecule has 0 amide bonds. The zero-order valence-corrected chi connectivity index (χ0v) is 23.8. The first-order valence-corrected chi connectivity index (χ1v) is 14.9. The number of nitrogens with zero attached hydrogens (tertiary/aromatic N) is 2. The fraction of sp³-hybridized carbons (Fsp3) is 0. The minimum Gasteiger partial charge on any atom is -0.456 e. The van der Waals surface area contributed by atoms with Crippen molar-refractivity contribution in [3.05, 3.63) is 158 Å². The number of hydrogen-bond donors (Lipinski definition) is 0. The van der Waals surface area contributed by atoms with Crippen LogP contribution in [0.5, 0.6) is 0 Å². The maximum absolute atomic E-state index is 6.31. The Balaban J connectivity index is 1.29. The van der Waals surface area contributed by atoms with Crippen molar-refractivity contribution in [2.75, 3.05) is 0 Å². The van der Waals surface area contributed by atoms with Gasteiger partial charge in [0.2, 0.25) is 0 Å². The van der Waals surface area contributed by atoms with Crippen LogP contribution in [0, 0.1) is 0 Å². The van der Waals surface area contributed by atoms with Gasteiger partial charge < -0.3 is 8.98 Å². The molecule has 6 aromatic carbocycles. The lowest BCUT2D eigenvalue weighted by Gasteiger charge is -2.11. The van der Waals surface area contributed by atoms with Gasteiger partial charge in [-0.15, -0.1) is 0 Å². The van der Waals surface area contributed by atoms with Gasteiger partial charge in [0.15, 0.2) is 0 Å². The van der Waals surface area contributed by atoms with E-state index in [0.717, 1.165) is 61.0 Å². The molecule has 0 aliphatic carbocycles. The monoisotopic (exact) mass is 562 g/mol. The van der Waals surface area contributed by atoms with Crippen LogP contribution in [0.2, 0.25) is 0 Å². The third kappa shape index (κ3) is 3.87. The lowest BCUT2D eigenvalue weighted by Crippen LogP contribution is -1.95. The van der Waals surface area contributed by atoms with E-state index in [-0.39, 0.29) is 0 Å². The van der Waals surface area contributed by atoms with Crippen molar-refractivity contribution in [3.63, 3.8) is 0 Å². The van der Waals surface area contributed by atoms with Gasteiger partial charge in [-0.1, -0.05) is 109 Å². The van der Waals surface area contributed by atoms with Gasteiger partial charge >= 0.3 is 0 Å². The van der Waals surface area contributed by atoms with Crippen LogP contribution in [0.1, 0.15) is 0 Å². The van der Waals surface area contributed by atoms with Gasteiger partial charge in [-0.25, -0.2) is 0 Å². The highest BCUT2D eigenvalue weighted by atomic mass is 16.3. The van der Waals surface area contributed by atoms with E-state index in [2.05, 4.69) is 126 Å². The Hall–Kier alpha value is -5.93. The maximum atomic E-state index is 6.31. The Morgan fingerprint density at radius 2 is 1.14 bits per heavy atom. The van der Waals surface area contributed by atoms with Gasteiger partial charge in [0.05, 0.1) is 27.8 Å². The molecule has 0 radical (unpaired) electrons. The minimum atomic E-state index is 0.888. The van der Waals surface area contributed by atoms with E-state index in [0.29, 0.717) is 0 Å². The van der Waals surface area contributed by atoms with Crippen LogP contribution in [0.3, 0.4) is 0 Å². The van der Waals surface area contributed by atoms with Crippen LogP contribution in [-0.4, -0.2) is 9.55 Å². The fourth-order valence-electron chi connectivity index (χ4n) is 6.56. The van der Waals surface area contributed by atoms with E-state index in [9.17, 15) is 0 Å². The number of aromatic nitrogens is 2. The first kappa shape index (κ1) is 24.6. The summed E-state index contributed by atoms with van der Waals surface area (Å²) < 4.78 is 8.71. The molecule has 0 N–H and O–H groups in total. The molecule has 0 aliphatic heterocycles. The summed E-state index contributed by atoms with van der Waals surface area (Å²) in [4.78, 5) is 4.81. The van der Waals surface area contributed by atoms with Crippen LogP contribution in [0.15, 0.2) is 162 Å². The SMILES string of the molecule is c1ccc(-c2ccc3c4cc(-c5ccc(-c6ccccc6)nc5)ccc4n(-c4cccc5oc6ccccc6c45)c3c2)cc1. The summed E-state index contributed by atoms with van der Waals surface area (Å²) in [7, 11) is 0.